The van der Waals surface area contributed by atoms with Gasteiger partial charge in [0.25, 0.3) is 0 Å². The Balaban J connectivity index is 1.83. The molecule has 0 aliphatic carbocycles. The molecule has 0 heterocycles. The van der Waals surface area contributed by atoms with Crippen LogP contribution in [0.15, 0.2) is 42.5 Å². The number of hydrogen-bond acceptors (Lipinski definition) is 4. The Morgan fingerprint density at radius 3 is 1.68 bits per heavy atom. The van der Waals surface area contributed by atoms with Gasteiger partial charge in [-0.05, 0) is 84.9 Å². The van der Waals surface area contributed by atoms with Gasteiger partial charge in [-0.3, -0.25) is 0 Å². The molecular weight excluding hydrogens is 384 g/mol. The van der Waals surface area contributed by atoms with Crippen LogP contribution >= 0.6 is 0 Å². The predicted octanol–water partition coefficient (Wildman–Crippen LogP) is 3.02. The molecule has 0 fully saturated rings. The molecule has 0 atom stereocenters. The molecule has 2 rings (SSSR count). The van der Waals surface area contributed by atoms with E-state index in [2.05, 4.69) is 83.1 Å². The smallest absolute Gasteiger partial charge is 0.150 e. The van der Waals surface area contributed by atoms with Crippen LogP contribution in [0.25, 0.3) is 0 Å². The number of hydrogen-bond donors (Lipinski definition) is 2. The second kappa shape index (κ2) is 12.9. The van der Waals surface area contributed by atoms with Crippen molar-refractivity contribution in [2.75, 3.05) is 11.5 Å². The molecule has 144 valence electrons. The van der Waals surface area contributed by atoms with Crippen molar-refractivity contribution in [2.24, 2.45) is 0 Å². The van der Waals surface area contributed by atoms with Gasteiger partial charge < -0.3 is 20.9 Å². The molecule has 0 aliphatic rings. The maximum absolute atomic E-state index is 5.87. The van der Waals surface area contributed by atoms with Gasteiger partial charge in [-0.1, -0.05) is 5.92 Å². The number of nitrogens with two attached hydrogens (primary N) is 2. The van der Waals surface area contributed by atoms with E-state index in [0.29, 0.717) is 28.6 Å². The van der Waals surface area contributed by atoms with Crippen molar-refractivity contribution in [1.82, 2.24) is 0 Å². The standard InChI is InChI=1S/C27H14N2O2/c1-2-3-4-5-6-7-8-9-10-11-12-13-14-21-30-24-16-18-25(19-17-24)31-27-20-15-23(28)22-26(27)29/h15-20,22H,28-29H2,1H3. The summed E-state index contributed by atoms with van der Waals surface area (Å²) in [4.78, 5) is 0. The van der Waals surface area contributed by atoms with Crippen molar-refractivity contribution in [3.8, 4) is 100 Å². The Bertz CT molecular complexity index is 1390. The molecule has 4 N–H and O–H groups in total. The lowest BCUT2D eigenvalue weighted by Crippen LogP contribution is -1.94. The maximum Gasteiger partial charge on any atom is 0.150 e. The third-order valence-corrected chi connectivity index (χ3v) is 3.12. The summed E-state index contributed by atoms with van der Waals surface area (Å²) in [5, 5.41) is 0. The van der Waals surface area contributed by atoms with Gasteiger partial charge in [-0.2, -0.15) is 0 Å². The first kappa shape index (κ1) is 21.9. The van der Waals surface area contributed by atoms with Gasteiger partial charge in [0.2, 0.25) is 0 Å². The zero-order chi connectivity index (χ0) is 22.2. The van der Waals surface area contributed by atoms with Crippen molar-refractivity contribution in [3.05, 3.63) is 42.5 Å². The second-order valence-corrected chi connectivity index (χ2v) is 5.32. The lowest BCUT2D eigenvalue weighted by atomic mass is 10.2. The van der Waals surface area contributed by atoms with Crippen LogP contribution in [0.2, 0.25) is 0 Å². The summed E-state index contributed by atoms with van der Waals surface area (Å²) in [6.07, 6.45) is 2.47. The SMILES string of the molecule is CC#CC#CC#CC#CC#CC#CC#COc1ccc(Oc2ccc(N)cc2N)cc1. The van der Waals surface area contributed by atoms with E-state index in [9.17, 15) is 0 Å². The second-order valence-electron chi connectivity index (χ2n) is 5.32. The van der Waals surface area contributed by atoms with Crippen LogP contribution in [0, 0.1) is 83.1 Å². The minimum atomic E-state index is 0.457. The third kappa shape index (κ3) is 8.86. The highest BCUT2D eigenvalue weighted by molar-refractivity contribution is 5.61. The monoisotopic (exact) mass is 398 g/mol. The number of anilines is 2. The molecule has 2 aromatic carbocycles. The first-order valence-corrected chi connectivity index (χ1v) is 8.70. The highest BCUT2D eigenvalue weighted by atomic mass is 16.5. The molecular formula is C27H14N2O2. The third-order valence-electron chi connectivity index (χ3n) is 3.12. The molecule has 0 saturated heterocycles. The van der Waals surface area contributed by atoms with E-state index in [1.165, 1.54) is 0 Å². The molecule has 4 heteroatoms. The van der Waals surface area contributed by atoms with E-state index in [1.54, 1.807) is 49.4 Å². The molecule has 0 saturated carbocycles. The van der Waals surface area contributed by atoms with E-state index in [4.69, 9.17) is 20.9 Å². The summed E-state index contributed by atoms with van der Waals surface area (Å²) in [5.74, 6) is 34.7. The van der Waals surface area contributed by atoms with Gasteiger partial charge in [0, 0.05) is 41.2 Å². The number of ether oxygens (including phenoxy) is 2. The highest BCUT2D eigenvalue weighted by Gasteiger charge is 2.03. The molecule has 4 nitrogen and oxygen atoms in total. The molecule has 0 radical (unpaired) electrons. The van der Waals surface area contributed by atoms with Gasteiger partial charge in [-0.15, -0.1) is 0 Å². The van der Waals surface area contributed by atoms with Crippen LogP contribution in [-0.4, -0.2) is 0 Å². The zero-order valence-corrected chi connectivity index (χ0v) is 16.5. The summed E-state index contributed by atoms with van der Waals surface area (Å²) < 4.78 is 11.0. The number of benzene rings is 2. The Hall–Kier alpha value is -5.44. The summed E-state index contributed by atoms with van der Waals surface area (Å²) in [6, 6.07) is 11.9. The van der Waals surface area contributed by atoms with Crippen LogP contribution in [-0.2, 0) is 0 Å². The molecule has 0 unspecified atom stereocenters. The van der Waals surface area contributed by atoms with E-state index in [0.717, 1.165) is 0 Å². The van der Waals surface area contributed by atoms with Crippen LogP contribution in [0.3, 0.4) is 0 Å². The molecule has 31 heavy (non-hydrogen) atoms. The molecule has 0 aliphatic heterocycles. The fraction of sp³-hybridized carbons (Fsp3) is 0.0370. The summed E-state index contributed by atoms with van der Waals surface area (Å²) >= 11 is 0. The fourth-order valence-corrected chi connectivity index (χ4v) is 1.85. The minimum absolute atomic E-state index is 0.457. The quantitative estimate of drug-likeness (QED) is 0.616. The average molecular weight is 398 g/mol. The van der Waals surface area contributed by atoms with Crippen molar-refractivity contribution in [3.63, 3.8) is 0 Å². The van der Waals surface area contributed by atoms with Crippen molar-refractivity contribution >= 4 is 11.4 Å². The van der Waals surface area contributed by atoms with Gasteiger partial charge >= 0.3 is 0 Å². The molecule has 0 spiro atoms. The van der Waals surface area contributed by atoms with Crippen LogP contribution in [0.5, 0.6) is 17.2 Å². The maximum atomic E-state index is 5.87. The van der Waals surface area contributed by atoms with E-state index in [1.807, 2.05) is 0 Å². The fourth-order valence-electron chi connectivity index (χ4n) is 1.85. The summed E-state index contributed by atoms with van der Waals surface area (Å²) in [7, 11) is 0. The van der Waals surface area contributed by atoms with Gasteiger partial charge in [0.15, 0.2) is 0 Å². The molecule has 0 aromatic heterocycles. The summed E-state index contributed by atoms with van der Waals surface area (Å²) in [6.45, 7) is 1.70. The molecule has 0 amide bonds. The first-order valence-electron chi connectivity index (χ1n) is 8.70. The van der Waals surface area contributed by atoms with Crippen molar-refractivity contribution < 1.29 is 9.47 Å². The lowest BCUT2D eigenvalue weighted by Gasteiger charge is -2.09. The van der Waals surface area contributed by atoms with E-state index in [-0.39, 0.29) is 0 Å². The largest absolute Gasteiger partial charge is 0.455 e. The topological polar surface area (TPSA) is 70.5 Å². The lowest BCUT2D eigenvalue weighted by molar-refractivity contribution is 0.480. The van der Waals surface area contributed by atoms with Gasteiger partial charge in [0.1, 0.15) is 23.4 Å². The Labute approximate surface area is 182 Å². The van der Waals surface area contributed by atoms with E-state index >= 15 is 0 Å². The average Bonchev–Trinajstić information content (AvgIpc) is 2.77. The van der Waals surface area contributed by atoms with Crippen LogP contribution in [0.4, 0.5) is 11.4 Å². The first-order chi connectivity index (χ1) is 15.2. The molecule has 2 aromatic rings. The molecule has 0 bridgehead atoms. The minimum Gasteiger partial charge on any atom is -0.455 e. The summed E-state index contributed by atoms with van der Waals surface area (Å²) in [5.41, 5.74) is 12.6. The normalized spacial score (nSPS) is 7.26. The number of rotatable bonds is 3. The highest BCUT2D eigenvalue weighted by Crippen LogP contribution is 2.29. The van der Waals surface area contributed by atoms with Crippen molar-refractivity contribution in [1.29, 1.82) is 0 Å². The van der Waals surface area contributed by atoms with Crippen LogP contribution < -0.4 is 20.9 Å². The van der Waals surface area contributed by atoms with Gasteiger partial charge in [0.05, 0.1) is 5.69 Å². The van der Waals surface area contributed by atoms with E-state index < -0.39 is 0 Å². The Morgan fingerprint density at radius 2 is 1.13 bits per heavy atom. The predicted molar refractivity (Wildman–Crippen MR) is 123 cm³/mol. The number of nitrogen functional groups attached to an aromatic ring is 2. The Kier molecular flexibility index (Phi) is 9.07. The van der Waals surface area contributed by atoms with Crippen molar-refractivity contribution in [2.45, 2.75) is 6.92 Å². The Morgan fingerprint density at radius 1 is 0.613 bits per heavy atom. The zero-order valence-electron chi connectivity index (χ0n) is 16.5. The van der Waals surface area contributed by atoms with Crippen LogP contribution in [0.1, 0.15) is 6.92 Å². The van der Waals surface area contributed by atoms with Gasteiger partial charge in [-0.25, -0.2) is 0 Å².